The zero-order valence-electron chi connectivity index (χ0n) is 14.7. The number of thioether (sulfide) groups is 1. The number of para-hydroxylation sites is 1. The van der Waals surface area contributed by atoms with Crippen LogP contribution in [0.2, 0.25) is 10.0 Å². The van der Waals surface area contributed by atoms with Gasteiger partial charge in [-0.1, -0.05) is 53.2 Å². The first-order valence-corrected chi connectivity index (χ1v) is 9.97. The summed E-state index contributed by atoms with van der Waals surface area (Å²) in [5.41, 5.74) is 0.942. The molecule has 5 nitrogen and oxygen atoms in total. The van der Waals surface area contributed by atoms with Crippen LogP contribution in [0.25, 0.3) is 10.9 Å². The molecule has 1 aromatic heterocycles. The summed E-state index contributed by atoms with van der Waals surface area (Å²) in [6.07, 6.45) is 0. The van der Waals surface area contributed by atoms with Gasteiger partial charge < -0.3 is 5.32 Å². The predicted octanol–water partition coefficient (Wildman–Crippen LogP) is 4.84. The third-order valence-electron chi connectivity index (χ3n) is 4.00. The molecule has 1 unspecified atom stereocenters. The highest BCUT2D eigenvalue weighted by Gasteiger charge is 2.20. The molecule has 0 aliphatic heterocycles. The largest absolute Gasteiger partial charge is 0.324 e. The Kier molecular flexibility index (Phi) is 6.09. The van der Waals surface area contributed by atoms with Crippen molar-refractivity contribution in [3.8, 4) is 0 Å². The first-order chi connectivity index (χ1) is 12.9. The molecule has 140 valence electrons. The monoisotopic (exact) mass is 421 g/mol. The Bertz CT molecular complexity index is 1070. The Labute approximate surface area is 170 Å². The highest BCUT2D eigenvalue weighted by atomic mass is 35.5. The summed E-state index contributed by atoms with van der Waals surface area (Å²) in [7, 11) is 0. The molecule has 1 heterocycles. The van der Waals surface area contributed by atoms with Gasteiger partial charge in [0.25, 0.3) is 5.56 Å². The summed E-state index contributed by atoms with van der Waals surface area (Å²) in [6, 6.07) is 12.2. The molecule has 0 aliphatic rings. The number of aromatic nitrogens is 2. The van der Waals surface area contributed by atoms with Crippen molar-refractivity contribution in [3.63, 3.8) is 0 Å². The minimum absolute atomic E-state index is 0.115. The van der Waals surface area contributed by atoms with E-state index in [0.29, 0.717) is 38.3 Å². The maximum atomic E-state index is 12.7. The van der Waals surface area contributed by atoms with E-state index in [1.165, 1.54) is 11.8 Å². The molecule has 0 fully saturated rings. The lowest BCUT2D eigenvalue weighted by molar-refractivity contribution is -0.115. The smallest absolute Gasteiger partial charge is 0.262 e. The quantitative estimate of drug-likeness (QED) is 0.472. The van der Waals surface area contributed by atoms with Gasteiger partial charge >= 0.3 is 0 Å². The molecule has 0 aliphatic carbocycles. The average molecular weight is 422 g/mol. The summed E-state index contributed by atoms with van der Waals surface area (Å²) in [6.45, 7) is 4.09. The Balaban J connectivity index is 1.87. The minimum Gasteiger partial charge on any atom is -0.324 e. The van der Waals surface area contributed by atoms with E-state index in [4.69, 9.17) is 23.2 Å². The standard InChI is InChI=1S/C19H17Cl2N3O2S/c1-3-24-18(26)12-7-4-5-9-14(12)23-19(24)27-11(2)17(25)22-15-10-6-8-13(20)16(15)21/h4-11H,3H2,1-2H3,(H,22,25). The van der Waals surface area contributed by atoms with Crippen molar-refractivity contribution in [1.82, 2.24) is 9.55 Å². The minimum atomic E-state index is -0.495. The van der Waals surface area contributed by atoms with E-state index in [1.807, 2.05) is 19.1 Å². The molecule has 3 aromatic rings. The van der Waals surface area contributed by atoms with Gasteiger partial charge in [0.2, 0.25) is 5.91 Å². The molecule has 0 saturated carbocycles. The molecule has 27 heavy (non-hydrogen) atoms. The number of hydrogen-bond acceptors (Lipinski definition) is 4. The summed E-state index contributed by atoms with van der Waals surface area (Å²) in [4.78, 5) is 29.8. The van der Waals surface area contributed by atoms with Gasteiger partial charge in [-0.15, -0.1) is 0 Å². The first-order valence-electron chi connectivity index (χ1n) is 8.33. The van der Waals surface area contributed by atoms with Crippen molar-refractivity contribution in [2.45, 2.75) is 30.8 Å². The third kappa shape index (κ3) is 4.13. The zero-order chi connectivity index (χ0) is 19.6. The lowest BCUT2D eigenvalue weighted by Gasteiger charge is -2.16. The maximum absolute atomic E-state index is 12.7. The second kappa shape index (κ2) is 8.33. The second-order valence-electron chi connectivity index (χ2n) is 5.81. The van der Waals surface area contributed by atoms with Gasteiger partial charge in [0.15, 0.2) is 5.16 Å². The van der Waals surface area contributed by atoms with Gasteiger partial charge in [-0.2, -0.15) is 0 Å². The number of nitrogens with zero attached hydrogens (tertiary/aromatic N) is 2. The fourth-order valence-electron chi connectivity index (χ4n) is 2.56. The van der Waals surface area contributed by atoms with Crippen molar-refractivity contribution in [2.24, 2.45) is 0 Å². The molecule has 8 heteroatoms. The Hall–Kier alpha value is -2.02. The summed E-state index contributed by atoms with van der Waals surface area (Å²) < 4.78 is 1.57. The van der Waals surface area contributed by atoms with Gasteiger partial charge in [-0.25, -0.2) is 4.98 Å². The van der Waals surface area contributed by atoms with Gasteiger partial charge in [0.1, 0.15) is 0 Å². The van der Waals surface area contributed by atoms with Crippen LogP contribution in [-0.4, -0.2) is 20.7 Å². The molecule has 0 bridgehead atoms. The van der Waals surface area contributed by atoms with Crippen LogP contribution in [-0.2, 0) is 11.3 Å². The number of benzene rings is 2. The summed E-state index contributed by atoms with van der Waals surface area (Å²) in [5, 5.41) is 3.99. The van der Waals surface area contributed by atoms with Crippen LogP contribution in [0.4, 0.5) is 5.69 Å². The Morgan fingerprint density at radius 3 is 2.70 bits per heavy atom. The number of carbonyl (C=O) groups is 1. The third-order valence-corrected chi connectivity index (χ3v) is 5.91. The molecular formula is C19H17Cl2N3O2S. The van der Waals surface area contributed by atoms with Crippen molar-refractivity contribution >= 4 is 57.5 Å². The van der Waals surface area contributed by atoms with Crippen LogP contribution in [0.1, 0.15) is 13.8 Å². The number of rotatable bonds is 5. The Morgan fingerprint density at radius 2 is 1.96 bits per heavy atom. The van der Waals surface area contributed by atoms with Crippen LogP contribution in [0.3, 0.4) is 0 Å². The van der Waals surface area contributed by atoms with Gasteiger partial charge in [-0.05, 0) is 38.1 Å². The van der Waals surface area contributed by atoms with Crippen molar-refractivity contribution < 1.29 is 4.79 Å². The number of hydrogen-bond donors (Lipinski definition) is 1. The zero-order valence-corrected chi connectivity index (χ0v) is 17.0. The van der Waals surface area contributed by atoms with E-state index >= 15 is 0 Å². The van der Waals surface area contributed by atoms with E-state index in [1.54, 1.807) is 41.8 Å². The molecule has 0 spiro atoms. The molecule has 1 amide bonds. The topological polar surface area (TPSA) is 64.0 Å². The fourth-order valence-corrected chi connectivity index (χ4v) is 3.88. The van der Waals surface area contributed by atoms with Crippen LogP contribution in [0, 0.1) is 0 Å². The van der Waals surface area contributed by atoms with Crippen molar-refractivity contribution in [3.05, 3.63) is 62.9 Å². The molecule has 0 saturated heterocycles. The average Bonchev–Trinajstić information content (AvgIpc) is 2.65. The lowest BCUT2D eigenvalue weighted by atomic mass is 10.2. The van der Waals surface area contributed by atoms with E-state index in [9.17, 15) is 9.59 Å². The van der Waals surface area contributed by atoms with Crippen LogP contribution >= 0.6 is 35.0 Å². The molecular weight excluding hydrogens is 405 g/mol. The highest BCUT2D eigenvalue weighted by molar-refractivity contribution is 8.00. The van der Waals surface area contributed by atoms with Crippen molar-refractivity contribution in [1.29, 1.82) is 0 Å². The van der Waals surface area contributed by atoms with Gasteiger partial charge in [0, 0.05) is 6.54 Å². The number of fused-ring (bicyclic) bond motifs is 1. The Morgan fingerprint density at radius 1 is 1.22 bits per heavy atom. The van der Waals surface area contributed by atoms with Crippen LogP contribution < -0.4 is 10.9 Å². The molecule has 3 rings (SSSR count). The molecule has 1 atom stereocenters. The van der Waals surface area contributed by atoms with Crippen molar-refractivity contribution in [2.75, 3.05) is 5.32 Å². The highest BCUT2D eigenvalue weighted by Crippen LogP contribution is 2.30. The fraction of sp³-hybridized carbons (Fsp3) is 0.211. The summed E-state index contributed by atoms with van der Waals surface area (Å²) >= 11 is 13.3. The first kappa shape index (κ1) is 19.7. The number of carbonyl (C=O) groups excluding carboxylic acids is 1. The van der Waals surface area contributed by atoms with Crippen LogP contribution in [0.15, 0.2) is 52.4 Å². The predicted molar refractivity (Wildman–Crippen MR) is 112 cm³/mol. The number of anilines is 1. The second-order valence-corrected chi connectivity index (χ2v) is 7.90. The van der Waals surface area contributed by atoms with Gasteiger partial charge in [0.05, 0.1) is 31.9 Å². The van der Waals surface area contributed by atoms with E-state index in [2.05, 4.69) is 10.3 Å². The van der Waals surface area contributed by atoms with E-state index in [-0.39, 0.29) is 11.5 Å². The number of halogens is 2. The van der Waals surface area contributed by atoms with Gasteiger partial charge in [-0.3, -0.25) is 14.2 Å². The normalized spacial score (nSPS) is 12.1. The molecule has 0 radical (unpaired) electrons. The molecule has 2 aromatic carbocycles. The maximum Gasteiger partial charge on any atom is 0.262 e. The molecule has 1 N–H and O–H groups in total. The van der Waals surface area contributed by atoms with E-state index in [0.717, 1.165) is 0 Å². The van der Waals surface area contributed by atoms with Crippen LogP contribution in [0.5, 0.6) is 0 Å². The van der Waals surface area contributed by atoms with E-state index < -0.39 is 5.25 Å². The SMILES string of the molecule is CCn1c(SC(C)C(=O)Nc2cccc(Cl)c2Cl)nc2ccccc2c1=O. The summed E-state index contributed by atoms with van der Waals surface area (Å²) in [5.74, 6) is -0.255. The number of amides is 1. The number of nitrogens with one attached hydrogen (secondary N) is 1. The lowest BCUT2D eigenvalue weighted by Crippen LogP contribution is -2.26.